The van der Waals surface area contributed by atoms with E-state index in [0.717, 1.165) is 35.9 Å². The summed E-state index contributed by atoms with van der Waals surface area (Å²) in [5.74, 6) is 2.18. The van der Waals surface area contributed by atoms with Gasteiger partial charge in [-0.15, -0.1) is 0 Å². The van der Waals surface area contributed by atoms with Crippen molar-refractivity contribution in [2.24, 2.45) is 5.92 Å². The SMILES string of the molecule is Cc1ccc(OC(C)C(=O)Nc2ccc(OCCC3CCCCC3)cc2)cc1. The van der Waals surface area contributed by atoms with Crippen molar-refractivity contribution >= 4 is 11.6 Å². The second kappa shape index (κ2) is 10.2. The van der Waals surface area contributed by atoms with Crippen molar-refractivity contribution in [2.45, 2.75) is 58.5 Å². The topological polar surface area (TPSA) is 47.6 Å². The number of aryl methyl sites for hydroxylation is 1. The lowest BCUT2D eigenvalue weighted by Crippen LogP contribution is -2.30. The third-order valence-electron chi connectivity index (χ3n) is 5.34. The Morgan fingerprint density at radius 1 is 1.00 bits per heavy atom. The lowest BCUT2D eigenvalue weighted by Gasteiger charge is -2.21. The van der Waals surface area contributed by atoms with E-state index in [4.69, 9.17) is 9.47 Å². The lowest BCUT2D eigenvalue weighted by atomic mass is 9.87. The van der Waals surface area contributed by atoms with Crippen molar-refractivity contribution in [1.29, 1.82) is 0 Å². The van der Waals surface area contributed by atoms with E-state index in [1.54, 1.807) is 6.92 Å². The molecule has 4 nitrogen and oxygen atoms in total. The van der Waals surface area contributed by atoms with Gasteiger partial charge in [0.25, 0.3) is 5.91 Å². The molecule has 0 aliphatic heterocycles. The molecule has 0 spiro atoms. The highest BCUT2D eigenvalue weighted by atomic mass is 16.5. The van der Waals surface area contributed by atoms with Gasteiger partial charge in [-0.1, -0.05) is 49.8 Å². The molecular formula is C24H31NO3. The predicted molar refractivity (Wildman–Crippen MR) is 113 cm³/mol. The van der Waals surface area contributed by atoms with Crippen LogP contribution in [0.4, 0.5) is 5.69 Å². The zero-order valence-corrected chi connectivity index (χ0v) is 16.9. The minimum atomic E-state index is -0.575. The molecule has 28 heavy (non-hydrogen) atoms. The van der Waals surface area contributed by atoms with Gasteiger partial charge in [0, 0.05) is 5.69 Å². The van der Waals surface area contributed by atoms with E-state index in [2.05, 4.69) is 5.32 Å². The van der Waals surface area contributed by atoms with Gasteiger partial charge in [0.2, 0.25) is 0 Å². The largest absolute Gasteiger partial charge is 0.494 e. The molecule has 1 amide bonds. The maximum absolute atomic E-state index is 12.3. The van der Waals surface area contributed by atoms with E-state index in [1.165, 1.54) is 32.1 Å². The number of nitrogens with one attached hydrogen (secondary N) is 1. The minimum absolute atomic E-state index is 0.174. The zero-order valence-electron chi connectivity index (χ0n) is 16.9. The molecule has 3 rings (SSSR count). The van der Waals surface area contributed by atoms with E-state index >= 15 is 0 Å². The number of ether oxygens (including phenoxy) is 2. The third-order valence-corrected chi connectivity index (χ3v) is 5.34. The summed E-state index contributed by atoms with van der Waals surface area (Å²) in [6.07, 6.45) is 7.37. The van der Waals surface area contributed by atoms with Gasteiger partial charge < -0.3 is 14.8 Å². The predicted octanol–water partition coefficient (Wildman–Crippen LogP) is 5.75. The number of hydrogen-bond acceptors (Lipinski definition) is 3. The molecule has 1 N–H and O–H groups in total. The second-order valence-corrected chi connectivity index (χ2v) is 7.73. The fourth-order valence-corrected chi connectivity index (χ4v) is 3.57. The number of benzene rings is 2. The van der Waals surface area contributed by atoms with Crippen LogP contribution in [0, 0.1) is 12.8 Å². The fraction of sp³-hybridized carbons (Fsp3) is 0.458. The minimum Gasteiger partial charge on any atom is -0.494 e. The highest BCUT2D eigenvalue weighted by Gasteiger charge is 2.15. The summed E-state index contributed by atoms with van der Waals surface area (Å²) in [6, 6.07) is 15.2. The second-order valence-electron chi connectivity index (χ2n) is 7.73. The van der Waals surface area contributed by atoms with Crippen molar-refractivity contribution in [1.82, 2.24) is 0 Å². The Morgan fingerprint density at radius 3 is 2.32 bits per heavy atom. The number of rotatable bonds is 8. The monoisotopic (exact) mass is 381 g/mol. The Labute approximate surface area is 168 Å². The third kappa shape index (κ3) is 6.29. The highest BCUT2D eigenvalue weighted by Crippen LogP contribution is 2.26. The van der Waals surface area contributed by atoms with E-state index < -0.39 is 6.10 Å². The quantitative estimate of drug-likeness (QED) is 0.633. The number of carbonyl (C=O) groups is 1. The average molecular weight is 382 g/mol. The fourth-order valence-electron chi connectivity index (χ4n) is 3.57. The van der Waals surface area contributed by atoms with Gasteiger partial charge in [0.05, 0.1) is 6.61 Å². The molecule has 1 aliphatic carbocycles. The first-order chi connectivity index (χ1) is 13.6. The van der Waals surface area contributed by atoms with Gasteiger partial charge in [-0.25, -0.2) is 0 Å². The Balaban J connectivity index is 1.42. The van der Waals surface area contributed by atoms with E-state index in [0.29, 0.717) is 5.75 Å². The van der Waals surface area contributed by atoms with Crippen LogP contribution in [-0.2, 0) is 4.79 Å². The average Bonchev–Trinajstić information content (AvgIpc) is 2.72. The van der Waals surface area contributed by atoms with Gasteiger partial charge in [-0.3, -0.25) is 4.79 Å². The number of anilines is 1. The van der Waals surface area contributed by atoms with E-state index in [1.807, 2.05) is 55.5 Å². The van der Waals surface area contributed by atoms with E-state index in [-0.39, 0.29) is 5.91 Å². The number of hydrogen-bond donors (Lipinski definition) is 1. The van der Waals surface area contributed by atoms with Crippen LogP contribution in [0.5, 0.6) is 11.5 Å². The van der Waals surface area contributed by atoms with Crippen LogP contribution in [0.15, 0.2) is 48.5 Å². The molecule has 1 saturated carbocycles. The maximum Gasteiger partial charge on any atom is 0.265 e. The summed E-state index contributed by atoms with van der Waals surface area (Å²) < 4.78 is 11.6. The van der Waals surface area contributed by atoms with Crippen molar-refractivity contribution in [3.63, 3.8) is 0 Å². The lowest BCUT2D eigenvalue weighted by molar-refractivity contribution is -0.122. The van der Waals surface area contributed by atoms with Crippen LogP contribution in [0.3, 0.4) is 0 Å². The van der Waals surface area contributed by atoms with Gasteiger partial charge >= 0.3 is 0 Å². The van der Waals surface area contributed by atoms with Gasteiger partial charge in [0.1, 0.15) is 11.5 Å². The molecule has 0 bridgehead atoms. The molecule has 1 fully saturated rings. The normalized spacial score (nSPS) is 15.6. The van der Waals surface area contributed by atoms with Crippen molar-refractivity contribution in [3.8, 4) is 11.5 Å². The van der Waals surface area contributed by atoms with Gasteiger partial charge in [-0.05, 0) is 62.6 Å². The first-order valence-corrected chi connectivity index (χ1v) is 10.4. The standard InChI is InChI=1S/C24H31NO3/c1-18-8-12-23(13-9-18)28-19(2)24(26)25-21-10-14-22(15-11-21)27-17-16-20-6-4-3-5-7-20/h8-15,19-20H,3-7,16-17H2,1-2H3,(H,25,26). The van der Waals surface area contributed by atoms with Crippen molar-refractivity contribution in [2.75, 3.05) is 11.9 Å². The Morgan fingerprint density at radius 2 is 1.64 bits per heavy atom. The molecule has 2 aromatic carbocycles. The summed E-state index contributed by atoms with van der Waals surface area (Å²) in [7, 11) is 0. The molecule has 1 aliphatic rings. The molecule has 1 atom stereocenters. The van der Waals surface area contributed by atoms with E-state index in [9.17, 15) is 4.79 Å². The summed E-state index contributed by atoms with van der Waals surface area (Å²) in [5.41, 5.74) is 1.90. The molecule has 0 heterocycles. The highest BCUT2D eigenvalue weighted by molar-refractivity contribution is 5.94. The summed E-state index contributed by atoms with van der Waals surface area (Å²) >= 11 is 0. The Kier molecular flexibility index (Phi) is 7.35. The summed E-state index contributed by atoms with van der Waals surface area (Å²) in [5, 5.41) is 2.89. The number of amides is 1. The number of carbonyl (C=O) groups excluding carboxylic acids is 1. The first kappa shape index (κ1) is 20.2. The molecule has 0 saturated heterocycles. The molecule has 2 aromatic rings. The maximum atomic E-state index is 12.3. The molecule has 4 heteroatoms. The Bertz CT molecular complexity index is 733. The van der Waals surface area contributed by atoms with Crippen LogP contribution >= 0.6 is 0 Å². The van der Waals surface area contributed by atoms with Crippen LogP contribution in [0.2, 0.25) is 0 Å². The first-order valence-electron chi connectivity index (χ1n) is 10.4. The molecule has 0 aromatic heterocycles. The molecule has 1 unspecified atom stereocenters. The molecule has 150 valence electrons. The van der Waals surface area contributed by atoms with Crippen LogP contribution in [-0.4, -0.2) is 18.6 Å². The Hall–Kier alpha value is -2.49. The summed E-state index contributed by atoms with van der Waals surface area (Å²) in [4.78, 5) is 12.3. The van der Waals surface area contributed by atoms with Crippen LogP contribution in [0.1, 0.15) is 51.0 Å². The summed E-state index contributed by atoms with van der Waals surface area (Å²) in [6.45, 7) is 4.53. The van der Waals surface area contributed by atoms with Crippen molar-refractivity contribution in [3.05, 3.63) is 54.1 Å². The molecule has 0 radical (unpaired) electrons. The van der Waals surface area contributed by atoms with Gasteiger partial charge in [-0.2, -0.15) is 0 Å². The smallest absolute Gasteiger partial charge is 0.265 e. The van der Waals surface area contributed by atoms with Crippen LogP contribution in [0.25, 0.3) is 0 Å². The van der Waals surface area contributed by atoms with Gasteiger partial charge in [0.15, 0.2) is 6.10 Å². The van der Waals surface area contributed by atoms with Crippen molar-refractivity contribution < 1.29 is 14.3 Å². The molecular weight excluding hydrogens is 350 g/mol. The van der Waals surface area contributed by atoms with Crippen LogP contribution < -0.4 is 14.8 Å². The zero-order chi connectivity index (χ0) is 19.8.